The van der Waals surface area contributed by atoms with Crippen LogP contribution in [0.4, 0.5) is 0 Å². The molecular weight excluding hydrogens is 204 g/mol. The maximum absolute atomic E-state index is 2.25. The van der Waals surface area contributed by atoms with Gasteiger partial charge in [-0.05, 0) is 30.9 Å². The Bertz CT molecular complexity index is 463. The summed E-state index contributed by atoms with van der Waals surface area (Å²) in [5.41, 5.74) is 4.01. The van der Waals surface area contributed by atoms with Gasteiger partial charge in [0.2, 0.25) is 0 Å². The van der Waals surface area contributed by atoms with E-state index in [9.17, 15) is 0 Å². The topological polar surface area (TPSA) is 0 Å². The second-order valence-electron chi connectivity index (χ2n) is 4.34. The van der Waals surface area contributed by atoms with Crippen LogP contribution in [-0.4, -0.2) is 0 Å². The molecule has 2 aromatic carbocycles. The van der Waals surface area contributed by atoms with Gasteiger partial charge in [-0.1, -0.05) is 72.3 Å². The van der Waals surface area contributed by atoms with Crippen molar-refractivity contribution >= 4 is 6.08 Å². The first-order valence-electron chi connectivity index (χ1n) is 6.12. The Morgan fingerprint density at radius 2 is 1.59 bits per heavy atom. The molecule has 0 N–H and O–H groups in total. The lowest BCUT2D eigenvalue weighted by atomic mass is 10.1. The molecule has 17 heavy (non-hydrogen) atoms. The first-order chi connectivity index (χ1) is 8.34. The Balaban J connectivity index is 1.84. The van der Waals surface area contributed by atoms with Crippen molar-refractivity contribution in [3.05, 3.63) is 77.4 Å². The highest BCUT2D eigenvalue weighted by atomic mass is 14.0. The number of rotatable bonds is 4. The van der Waals surface area contributed by atoms with Gasteiger partial charge in [0.05, 0.1) is 0 Å². The van der Waals surface area contributed by atoms with Crippen LogP contribution in [0.2, 0.25) is 0 Å². The average molecular weight is 222 g/mol. The smallest absolute Gasteiger partial charge is 0.0244 e. The van der Waals surface area contributed by atoms with Crippen molar-refractivity contribution in [2.45, 2.75) is 19.8 Å². The van der Waals surface area contributed by atoms with Gasteiger partial charge in [0.1, 0.15) is 0 Å². The summed E-state index contributed by atoms with van der Waals surface area (Å²) in [6, 6.07) is 19.2. The maximum atomic E-state index is 2.25. The van der Waals surface area contributed by atoms with E-state index in [1.807, 2.05) is 6.07 Å². The minimum atomic E-state index is 1.10. The van der Waals surface area contributed by atoms with E-state index < -0.39 is 0 Å². The molecule has 0 nitrogen and oxygen atoms in total. The third-order valence-corrected chi connectivity index (χ3v) is 2.83. The van der Waals surface area contributed by atoms with E-state index in [4.69, 9.17) is 0 Å². The third kappa shape index (κ3) is 3.92. The molecule has 0 aliphatic rings. The summed E-state index contributed by atoms with van der Waals surface area (Å²) in [5, 5.41) is 0. The van der Waals surface area contributed by atoms with Crippen LogP contribution in [-0.2, 0) is 6.42 Å². The van der Waals surface area contributed by atoms with Crippen LogP contribution in [0.25, 0.3) is 6.08 Å². The molecule has 0 bridgehead atoms. The van der Waals surface area contributed by atoms with E-state index >= 15 is 0 Å². The third-order valence-electron chi connectivity index (χ3n) is 2.83. The van der Waals surface area contributed by atoms with E-state index in [1.54, 1.807) is 0 Å². The minimum Gasteiger partial charge on any atom is -0.0836 e. The Hall–Kier alpha value is -1.82. The zero-order valence-electron chi connectivity index (χ0n) is 10.3. The molecule has 0 aliphatic heterocycles. The quantitative estimate of drug-likeness (QED) is 0.707. The predicted molar refractivity (Wildman–Crippen MR) is 75.0 cm³/mol. The van der Waals surface area contributed by atoms with Crippen molar-refractivity contribution in [2.24, 2.45) is 0 Å². The van der Waals surface area contributed by atoms with Crippen LogP contribution in [0, 0.1) is 6.92 Å². The normalized spacial score (nSPS) is 10.9. The van der Waals surface area contributed by atoms with Gasteiger partial charge in [-0.3, -0.25) is 0 Å². The lowest BCUT2D eigenvalue weighted by molar-refractivity contribution is 1.00. The van der Waals surface area contributed by atoms with Gasteiger partial charge in [0, 0.05) is 0 Å². The molecule has 86 valence electrons. The Morgan fingerprint density at radius 1 is 0.882 bits per heavy atom. The Labute approximate surface area is 104 Å². The molecule has 0 heteroatoms. The van der Waals surface area contributed by atoms with Gasteiger partial charge < -0.3 is 0 Å². The summed E-state index contributed by atoms with van der Waals surface area (Å²) in [5.74, 6) is 0. The van der Waals surface area contributed by atoms with Crippen molar-refractivity contribution in [3.8, 4) is 0 Å². The summed E-state index contributed by atoms with van der Waals surface area (Å²) >= 11 is 0. The van der Waals surface area contributed by atoms with Gasteiger partial charge >= 0.3 is 0 Å². The summed E-state index contributed by atoms with van der Waals surface area (Å²) in [4.78, 5) is 0. The number of benzene rings is 2. The van der Waals surface area contributed by atoms with Crippen LogP contribution in [0.5, 0.6) is 0 Å². The maximum Gasteiger partial charge on any atom is -0.0244 e. The van der Waals surface area contributed by atoms with Gasteiger partial charge in [-0.15, -0.1) is 0 Å². The molecule has 0 radical (unpaired) electrons. The molecule has 0 fully saturated rings. The minimum absolute atomic E-state index is 1.10. The Morgan fingerprint density at radius 3 is 2.29 bits per heavy atom. The van der Waals surface area contributed by atoms with Crippen LogP contribution in [0.15, 0.2) is 60.7 Å². The molecule has 0 unspecified atom stereocenters. The first-order valence-corrected chi connectivity index (χ1v) is 6.12. The molecule has 0 aromatic heterocycles. The molecule has 0 saturated carbocycles. The second kappa shape index (κ2) is 6.05. The predicted octanol–water partition coefficient (Wildman–Crippen LogP) is 4.64. The highest BCUT2D eigenvalue weighted by molar-refractivity contribution is 5.48. The SMILES string of the molecule is Cc1ccc(CC/C=C/c2ccccc2)cc1. The van der Waals surface area contributed by atoms with Crippen molar-refractivity contribution in [1.82, 2.24) is 0 Å². The largest absolute Gasteiger partial charge is 0.0836 e. The van der Waals surface area contributed by atoms with E-state index in [-0.39, 0.29) is 0 Å². The van der Waals surface area contributed by atoms with Crippen molar-refractivity contribution in [2.75, 3.05) is 0 Å². The lowest BCUT2D eigenvalue weighted by Crippen LogP contribution is -1.83. The Kier molecular flexibility index (Phi) is 4.15. The zero-order chi connectivity index (χ0) is 11.9. The number of aryl methyl sites for hydroxylation is 2. The standard InChI is InChI=1S/C17H18/c1-15-11-13-17(14-12-15)10-6-5-9-16-7-3-2-4-8-16/h2-5,7-9,11-14H,6,10H2,1H3/b9-5+. The monoisotopic (exact) mass is 222 g/mol. The van der Waals surface area contributed by atoms with Crippen LogP contribution >= 0.6 is 0 Å². The van der Waals surface area contributed by atoms with E-state index in [0.717, 1.165) is 12.8 Å². The zero-order valence-corrected chi connectivity index (χ0v) is 10.3. The molecule has 0 spiro atoms. The summed E-state index contributed by atoms with van der Waals surface area (Å²) in [6.07, 6.45) is 6.64. The van der Waals surface area contributed by atoms with E-state index in [1.165, 1.54) is 16.7 Å². The van der Waals surface area contributed by atoms with E-state index in [0.29, 0.717) is 0 Å². The fraction of sp³-hybridized carbons (Fsp3) is 0.176. The fourth-order valence-electron chi connectivity index (χ4n) is 1.79. The highest BCUT2D eigenvalue weighted by Crippen LogP contribution is 2.07. The summed E-state index contributed by atoms with van der Waals surface area (Å²) in [7, 11) is 0. The lowest BCUT2D eigenvalue weighted by Gasteiger charge is -1.98. The molecule has 0 saturated heterocycles. The second-order valence-corrected chi connectivity index (χ2v) is 4.34. The van der Waals surface area contributed by atoms with Gasteiger partial charge in [-0.2, -0.15) is 0 Å². The van der Waals surface area contributed by atoms with Crippen LogP contribution in [0.1, 0.15) is 23.1 Å². The van der Waals surface area contributed by atoms with Crippen molar-refractivity contribution in [3.63, 3.8) is 0 Å². The van der Waals surface area contributed by atoms with Crippen molar-refractivity contribution in [1.29, 1.82) is 0 Å². The number of hydrogen-bond acceptors (Lipinski definition) is 0. The molecule has 2 rings (SSSR count). The molecule has 0 atom stereocenters. The van der Waals surface area contributed by atoms with Gasteiger partial charge in [-0.25, -0.2) is 0 Å². The highest BCUT2D eigenvalue weighted by Gasteiger charge is 1.90. The van der Waals surface area contributed by atoms with Crippen molar-refractivity contribution < 1.29 is 0 Å². The average Bonchev–Trinajstić information content (AvgIpc) is 2.38. The number of hydrogen-bond donors (Lipinski definition) is 0. The van der Waals surface area contributed by atoms with Gasteiger partial charge in [0.15, 0.2) is 0 Å². The van der Waals surface area contributed by atoms with E-state index in [2.05, 4.69) is 67.6 Å². The van der Waals surface area contributed by atoms with Crippen LogP contribution < -0.4 is 0 Å². The number of allylic oxidation sites excluding steroid dienone is 1. The molecule has 0 heterocycles. The molecular formula is C17H18. The first kappa shape index (κ1) is 11.7. The van der Waals surface area contributed by atoms with Crippen LogP contribution in [0.3, 0.4) is 0 Å². The molecule has 2 aromatic rings. The summed E-state index contributed by atoms with van der Waals surface area (Å²) < 4.78 is 0. The summed E-state index contributed by atoms with van der Waals surface area (Å²) in [6.45, 7) is 2.12. The molecule has 0 amide bonds. The molecule has 0 aliphatic carbocycles. The fourth-order valence-corrected chi connectivity index (χ4v) is 1.79. The van der Waals surface area contributed by atoms with Gasteiger partial charge in [0.25, 0.3) is 0 Å².